The molecular weight excluding hydrogens is 292 g/mol. The van der Waals surface area contributed by atoms with Crippen molar-refractivity contribution in [1.82, 2.24) is 5.32 Å². The molecule has 1 fully saturated rings. The van der Waals surface area contributed by atoms with Crippen molar-refractivity contribution in [3.05, 3.63) is 29.8 Å². The van der Waals surface area contributed by atoms with Crippen molar-refractivity contribution in [3.8, 4) is 0 Å². The summed E-state index contributed by atoms with van der Waals surface area (Å²) in [4.78, 5) is 11.8. The number of carbonyl (C=O) groups is 1. The van der Waals surface area contributed by atoms with E-state index >= 15 is 0 Å². The average molecular weight is 320 g/mol. The first kappa shape index (κ1) is 17.6. The molecule has 0 aliphatic carbocycles. The number of rotatable bonds is 5. The Morgan fingerprint density at radius 1 is 1.26 bits per heavy atom. The lowest BCUT2D eigenvalue weighted by molar-refractivity contribution is 0.0523. The molecule has 1 aromatic rings. The maximum atomic E-state index is 11.8. The summed E-state index contributed by atoms with van der Waals surface area (Å²) in [6.45, 7) is 8.67. The van der Waals surface area contributed by atoms with Gasteiger partial charge in [-0.1, -0.05) is 18.2 Å². The third kappa shape index (κ3) is 6.48. The number of benzene rings is 1. The Bertz CT molecular complexity index is 505. The van der Waals surface area contributed by atoms with Crippen molar-refractivity contribution >= 4 is 11.8 Å². The first-order valence-corrected chi connectivity index (χ1v) is 8.30. The highest BCUT2D eigenvalue weighted by Crippen LogP contribution is 2.19. The van der Waals surface area contributed by atoms with E-state index < -0.39 is 11.7 Å². The van der Waals surface area contributed by atoms with Crippen LogP contribution in [0.5, 0.6) is 0 Å². The molecule has 1 aromatic carbocycles. The van der Waals surface area contributed by atoms with E-state index in [4.69, 9.17) is 9.47 Å². The highest BCUT2D eigenvalue weighted by Gasteiger charge is 2.17. The average Bonchev–Trinajstić information content (AvgIpc) is 2.51. The van der Waals surface area contributed by atoms with Crippen molar-refractivity contribution in [3.63, 3.8) is 0 Å². The van der Waals surface area contributed by atoms with E-state index in [0.29, 0.717) is 12.5 Å². The highest BCUT2D eigenvalue weighted by molar-refractivity contribution is 5.68. The summed E-state index contributed by atoms with van der Waals surface area (Å²) in [5.41, 5.74) is 1.64. The van der Waals surface area contributed by atoms with E-state index in [9.17, 15) is 4.79 Å². The van der Waals surface area contributed by atoms with Crippen molar-refractivity contribution in [1.29, 1.82) is 0 Å². The fourth-order valence-electron chi connectivity index (χ4n) is 2.53. The first-order valence-electron chi connectivity index (χ1n) is 8.30. The minimum atomic E-state index is -0.481. The molecule has 1 amide bonds. The zero-order chi connectivity index (χ0) is 16.7. The van der Waals surface area contributed by atoms with Crippen LogP contribution in [-0.2, 0) is 16.0 Å². The second-order valence-corrected chi connectivity index (χ2v) is 6.95. The van der Waals surface area contributed by atoms with Crippen LogP contribution < -0.4 is 10.6 Å². The fraction of sp³-hybridized carbons (Fsp3) is 0.611. The van der Waals surface area contributed by atoms with E-state index in [-0.39, 0.29) is 0 Å². The molecule has 5 heteroatoms. The Morgan fingerprint density at radius 2 is 1.96 bits per heavy atom. The van der Waals surface area contributed by atoms with E-state index in [1.165, 1.54) is 0 Å². The third-order valence-electron chi connectivity index (χ3n) is 3.76. The summed E-state index contributed by atoms with van der Waals surface area (Å²) in [5.74, 6) is 0.649. The van der Waals surface area contributed by atoms with Gasteiger partial charge in [-0.2, -0.15) is 0 Å². The maximum Gasteiger partial charge on any atom is 0.407 e. The Hall–Kier alpha value is -1.75. The van der Waals surface area contributed by atoms with Crippen molar-refractivity contribution in [2.24, 2.45) is 5.92 Å². The molecule has 1 saturated heterocycles. The predicted molar refractivity (Wildman–Crippen MR) is 91.5 cm³/mol. The molecule has 0 bridgehead atoms. The van der Waals surface area contributed by atoms with Gasteiger partial charge in [0.15, 0.2) is 0 Å². The zero-order valence-corrected chi connectivity index (χ0v) is 14.4. The van der Waals surface area contributed by atoms with Crippen LogP contribution in [-0.4, -0.2) is 31.5 Å². The topological polar surface area (TPSA) is 59.6 Å². The van der Waals surface area contributed by atoms with E-state index in [1.807, 2.05) is 45.0 Å². The predicted octanol–water partition coefficient (Wildman–Crippen LogP) is 3.55. The number of anilines is 1. The molecule has 2 N–H and O–H groups in total. The number of hydrogen-bond donors (Lipinski definition) is 2. The summed E-state index contributed by atoms with van der Waals surface area (Å²) in [5, 5.41) is 6.32. The van der Waals surface area contributed by atoms with Gasteiger partial charge in [0, 0.05) is 32.0 Å². The zero-order valence-electron chi connectivity index (χ0n) is 14.4. The number of carbonyl (C=O) groups excluding carboxylic acids is 1. The van der Waals surface area contributed by atoms with Crippen molar-refractivity contribution in [2.45, 2.75) is 45.8 Å². The Labute approximate surface area is 138 Å². The lowest BCUT2D eigenvalue weighted by atomic mass is 10.00. The molecular formula is C18H28N2O3. The van der Waals surface area contributed by atoms with Gasteiger partial charge in [0.05, 0.1) is 0 Å². The monoisotopic (exact) mass is 320 g/mol. The third-order valence-corrected chi connectivity index (χ3v) is 3.76. The van der Waals surface area contributed by atoms with Crippen LogP contribution in [0.2, 0.25) is 0 Å². The smallest absolute Gasteiger partial charge is 0.407 e. The Balaban J connectivity index is 1.85. The quantitative estimate of drug-likeness (QED) is 0.871. The molecule has 0 saturated carbocycles. The van der Waals surface area contributed by atoms with Gasteiger partial charge in [0.2, 0.25) is 0 Å². The van der Waals surface area contributed by atoms with Gasteiger partial charge in [0.1, 0.15) is 5.60 Å². The van der Waals surface area contributed by atoms with Crippen molar-refractivity contribution in [2.75, 3.05) is 25.1 Å². The molecule has 0 aromatic heterocycles. The van der Waals surface area contributed by atoms with Crippen LogP contribution in [0.25, 0.3) is 0 Å². The van der Waals surface area contributed by atoms with Crippen LogP contribution in [0.3, 0.4) is 0 Å². The van der Waals surface area contributed by atoms with Gasteiger partial charge in [0.25, 0.3) is 0 Å². The molecule has 0 radical (unpaired) electrons. The minimum absolute atomic E-state index is 0.392. The largest absolute Gasteiger partial charge is 0.444 e. The van der Waals surface area contributed by atoms with Crippen LogP contribution >= 0.6 is 0 Å². The van der Waals surface area contributed by atoms with E-state index in [2.05, 4.69) is 10.6 Å². The number of nitrogens with one attached hydrogen (secondary N) is 2. The Morgan fingerprint density at radius 3 is 2.65 bits per heavy atom. The molecule has 2 rings (SSSR count). The van der Waals surface area contributed by atoms with Crippen LogP contribution in [0, 0.1) is 5.92 Å². The second-order valence-electron chi connectivity index (χ2n) is 6.95. The van der Waals surface area contributed by atoms with Gasteiger partial charge in [-0.15, -0.1) is 0 Å². The second kappa shape index (κ2) is 8.20. The summed E-state index contributed by atoms with van der Waals surface area (Å²) in [6, 6.07) is 8.05. The molecule has 128 valence electrons. The molecule has 0 unspecified atom stereocenters. The number of ether oxygens (including phenoxy) is 2. The van der Waals surface area contributed by atoms with E-state index in [1.54, 1.807) is 0 Å². The molecule has 5 nitrogen and oxygen atoms in total. The summed E-state index contributed by atoms with van der Waals surface area (Å²) in [7, 11) is 0. The fourth-order valence-corrected chi connectivity index (χ4v) is 2.53. The lowest BCUT2D eigenvalue weighted by Crippen LogP contribution is -2.32. The van der Waals surface area contributed by atoms with Gasteiger partial charge < -0.3 is 20.1 Å². The van der Waals surface area contributed by atoms with Gasteiger partial charge >= 0.3 is 6.09 Å². The maximum absolute atomic E-state index is 11.8. The number of amides is 1. The van der Waals surface area contributed by atoms with Gasteiger partial charge in [-0.05, 0) is 51.2 Å². The van der Waals surface area contributed by atoms with Crippen LogP contribution in [0.15, 0.2) is 24.3 Å². The van der Waals surface area contributed by atoms with Gasteiger partial charge in [-0.3, -0.25) is 0 Å². The first-order chi connectivity index (χ1) is 10.9. The van der Waals surface area contributed by atoms with Gasteiger partial charge in [-0.25, -0.2) is 4.79 Å². The standard InChI is InChI=1S/C18H28N2O3/c1-18(2,3)23-17(21)20-13-15-6-4-5-7-16(15)19-12-14-8-10-22-11-9-14/h4-7,14,19H,8-13H2,1-3H3,(H,20,21). The normalized spacial score (nSPS) is 16.0. The van der Waals surface area contributed by atoms with E-state index in [0.717, 1.165) is 43.9 Å². The van der Waals surface area contributed by atoms with Crippen LogP contribution in [0.1, 0.15) is 39.2 Å². The summed E-state index contributed by atoms with van der Waals surface area (Å²) in [6.07, 6.45) is 1.81. The molecule has 0 atom stereocenters. The lowest BCUT2D eigenvalue weighted by Gasteiger charge is -2.23. The number of hydrogen-bond acceptors (Lipinski definition) is 4. The Kier molecular flexibility index (Phi) is 6.28. The van der Waals surface area contributed by atoms with Crippen molar-refractivity contribution < 1.29 is 14.3 Å². The molecule has 0 spiro atoms. The number of alkyl carbamates (subject to hydrolysis) is 1. The molecule has 23 heavy (non-hydrogen) atoms. The minimum Gasteiger partial charge on any atom is -0.444 e. The highest BCUT2D eigenvalue weighted by atomic mass is 16.6. The molecule has 1 aliphatic rings. The SMILES string of the molecule is CC(C)(C)OC(=O)NCc1ccccc1NCC1CCOCC1. The molecule has 1 aliphatic heterocycles. The van der Waals surface area contributed by atoms with Crippen LogP contribution in [0.4, 0.5) is 10.5 Å². The summed E-state index contributed by atoms with van der Waals surface area (Å²) >= 11 is 0. The summed E-state index contributed by atoms with van der Waals surface area (Å²) < 4.78 is 10.7. The molecule has 1 heterocycles. The number of para-hydroxylation sites is 1.